The predicted octanol–water partition coefficient (Wildman–Crippen LogP) is 5.44. The van der Waals surface area contributed by atoms with Crippen LogP contribution in [-0.2, 0) is 4.74 Å². The van der Waals surface area contributed by atoms with Gasteiger partial charge in [0.2, 0.25) is 0 Å². The Morgan fingerprint density at radius 3 is 1.81 bits per heavy atom. The summed E-state index contributed by atoms with van der Waals surface area (Å²) in [5.74, 6) is 0.772. The molecule has 1 aromatic carbocycles. The zero-order chi connectivity index (χ0) is 11.9. The number of rotatable bonds is 3. The van der Waals surface area contributed by atoms with Crippen LogP contribution < -0.4 is 0 Å². The lowest BCUT2D eigenvalue weighted by atomic mass is 10.3. The Morgan fingerprint density at radius 1 is 0.938 bits per heavy atom. The van der Waals surface area contributed by atoms with E-state index in [-0.39, 0.29) is 21.2 Å². The van der Waals surface area contributed by atoms with Crippen LogP contribution in [0.15, 0.2) is 4.90 Å². The van der Waals surface area contributed by atoms with Crippen LogP contribution in [0, 0.1) is 0 Å². The molecule has 1 nitrogen and oxygen atoms in total. The average Bonchev–Trinajstić information content (AvgIpc) is 3.07. The van der Waals surface area contributed by atoms with Gasteiger partial charge in [0, 0.05) is 10.6 Å². The second-order valence-corrected chi connectivity index (χ2v) is 6.09. The van der Waals surface area contributed by atoms with Gasteiger partial charge >= 0.3 is 0 Å². The summed E-state index contributed by atoms with van der Waals surface area (Å²) >= 11 is 31.3. The number of benzene rings is 1. The van der Waals surface area contributed by atoms with E-state index < -0.39 is 0 Å². The molecule has 0 aliphatic carbocycles. The van der Waals surface area contributed by atoms with E-state index in [1.807, 2.05) is 0 Å². The zero-order valence-electron chi connectivity index (χ0n) is 7.70. The third-order valence-electron chi connectivity index (χ3n) is 1.99. The molecule has 7 heteroatoms. The Labute approximate surface area is 122 Å². The Hall–Kier alpha value is 0.980. The normalized spacial score (nSPS) is 18.9. The maximum absolute atomic E-state index is 6.06. The maximum Gasteiger partial charge on any atom is 0.0903 e. The average molecular weight is 338 g/mol. The third kappa shape index (κ3) is 2.69. The van der Waals surface area contributed by atoms with Gasteiger partial charge in [-0.05, 0) is 0 Å². The quantitative estimate of drug-likeness (QED) is 0.315. The van der Waals surface area contributed by atoms with Crippen LogP contribution in [0.2, 0.25) is 25.1 Å². The molecule has 1 saturated heterocycles. The molecule has 88 valence electrons. The van der Waals surface area contributed by atoms with Crippen molar-refractivity contribution in [3.8, 4) is 0 Å². The maximum atomic E-state index is 6.06. The Kier molecular flexibility index (Phi) is 4.45. The van der Waals surface area contributed by atoms with E-state index in [9.17, 15) is 0 Å². The highest BCUT2D eigenvalue weighted by Crippen LogP contribution is 2.48. The first-order chi connectivity index (χ1) is 7.52. The Bertz CT molecular complexity index is 403. The Morgan fingerprint density at radius 2 is 1.38 bits per heavy atom. The molecule has 1 atom stereocenters. The summed E-state index contributed by atoms with van der Waals surface area (Å²) in [5, 5.41) is 1.33. The van der Waals surface area contributed by atoms with Crippen molar-refractivity contribution in [1.82, 2.24) is 0 Å². The number of hydrogen-bond acceptors (Lipinski definition) is 2. The van der Waals surface area contributed by atoms with E-state index in [1.54, 1.807) is 0 Å². The molecule has 1 aliphatic rings. The van der Waals surface area contributed by atoms with Gasteiger partial charge in [-0.1, -0.05) is 58.0 Å². The summed E-state index contributed by atoms with van der Waals surface area (Å²) in [6, 6.07) is 0. The molecule has 1 heterocycles. The molecule has 0 radical (unpaired) electrons. The molecule has 0 aromatic heterocycles. The van der Waals surface area contributed by atoms with Gasteiger partial charge in [0.05, 0.1) is 37.8 Å². The molecular formula is C9H5Cl5OS. The number of hydrogen-bond donors (Lipinski definition) is 0. The van der Waals surface area contributed by atoms with Gasteiger partial charge in [-0.25, -0.2) is 0 Å². The third-order valence-corrected chi connectivity index (χ3v) is 5.72. The fourth-order valence-electron chi connectivity index (χ4n) is 1.05. The van der Waals surface area contributed by atoms with Crippen LogP contribution in [-0.4, -0.2) is 18.5 Å². The predicted molar refractivity (Wildman–Crippen MR) is 72.0 cm³/mol. The van der Waals surface area contributed by atoms with Crippen LogP contribution in [0.1, 0.15) is 0 Å². The minimum absolute atomic E-state index is 0.186. The molecule has 1 unspecified atom stereocenters. The van der Waals surface area contributed by atoms with Crippen molar-refractivity contribution in [1.29, 1.82) is 0 Å². The van der Waals surface area contributed by atoms with E-state index in [0.717, 1.165) is 12.4 Å². The summed E-state index contributed by atoms with van der Waals surface area (Å²) in [4.78, 5) is 0.651. The van der Waals surface area contributed by atoms with E-state index >= 15 is 0 Å². The minimum atomic E-state index is 0.186. The van der Waals surface area contributed by atoms with Gasteiger partial charge < -0.3 is 4.74 Å². The van der Waals surface area contributed by atoms with E-state index in [4.69, 9.17) is 62.7 Å². The second-order valence-electron chi connectivity index (χ2n) is 3.17. The molecule has 16 heavy (non-hydrogen) atoms. The van der Waals surface area contributed by atoms with Gasteiger partial charge in [-0.3, -0.25) is 0 Å². The SMILES string of the molecule is Clc1c(Cl)c(Cl)c(SCC2CO2)c(Cl)c1Cl. The van der Waals surface area contributed by atoms with Gasteiger partial charge in [0.25, 0.3) is 0 Å². The molecule has 1 aliphatic heterocycles. The van der Waals surface area contributed by atoms with Crippen molar-refractivity contribution in [3.05, 3.63) is 25.1 Å². The number of epoxide rings is 1. The molecule has 2 rings (SSSR count). The van der Waals surface area contributed by atoms with Crippen molar-refractivity contribution in [2.24, 2.45) is 0 Å². The Balaban J connectivity index is 2.34. The van der Waals surface area contributed by atoms with E-state index in [0.29, 0.717) is 14.9 Å². The summed E-state index contributed by atoms with van der Waals surface area (Å²) in [6.07, 6.45) is 0.269. The van der Waals surface area contributed by atoms with Crippen LogP contribution >= 0.6 is 69.8 Å². The smallest absolute Gasteiger partial charge is 0.0903 e. The standard InChI is InChI=1S/C9H5Cl5OS/c10-4-5(11)7(13)9(8(14)6(4)12)16-2-3-1-15-3/h3H,1-2H2. The number of ether oxygens (including phenoxy) is 1. The van der Waals surface area contributed by atoms with Crippen molar-refractivity contribution < 1.29 is 4.74 Å². The topological polar surface area (TPSA) is 12.5 Å². The van der Waals surface area contributed by atoms with Gasteiger partial charge in [0.1, 0.15) is 0 Å². The highest BCUT2D eigenvalue weighted by Gasteiger charge is 2.25. The van der Waals surface area contributed by atoms with Crippen molar-refractivity contribution in [3.63, 3.8) is 0 Å². The van der Waals surface area contributed by atoms with E-state index in [2.05, 4.69) is 0 Å². The van der Waals surface area contributed by atoms with Crippen molar-refractivity contribution in [2.45, 2.75) is 11.0 Å². The first kappa shape index (κ1) is 13.4. The molecular weight excluding hydrogens is 333 g/mol. The fourth-order valence-corrected chi connectivity index (χ4v) is 3.63. The molecule has 0 N–H and O–H groups in total. The largest absolute Gasteiger partial charge is 0.372 e. The van der Waals surface area contributed by atoms with Gasteiger partial charge in [-0.2, -0.15) is 0 Å². The zero-order valence-corrected chi connectivity index (χ0v) is 12.3. The molecule has 0 amide bonds. The lowest BCUT2D eigenvalue weighted by Gasteiger charge is -2.11. The van der Waals surface area contributed by atoms with Crippen molar-refractivity contribution in [2.75, 3.05) is 12.4 Å². The van der Waals surface area contributed by atoms with Crippen LogP contribution in [0.4, 0.5) is 0 Å². The summed E-state index contributed by atoms with van der Waals surface area (Å²) in [5.41, 5.74) is 0. The molecule has 0 spiro atoms. The lowest BCUT2D eigenvalue weighted by molar-refractivity contribution is 0.426. The lowest BCUT2D eigenvalue weighted by Crippen LogP contribution is -1.91. The van der Waals surface area contributed by atoms with Gasteiger partial charge in [-0.15, -0.1) is 11.8 Å². The summed E-state index contributed by atoms with van der Waals surface area (Å²) in [6.45, 7) is 0.775. The fraction of sp³-hybridized carbons (Fsp3) is 0.333. The summed E-state index contributed by atoms with van der Waals surface area (Å²) < 4.78 is 5.10. The molecule has 0 saturated carbocycles. The first-order valence-corrected chi connectivity index (χ1v) is 7.15. The van der Waals surface area contributed by atoms with E-state index in [1.165, 1.54) is 11.8 Å². The van der Waals surface area contributed by atoms with Crippen LogP contribution in [0.25, 0.3) is 0 Å². The highest BCUT2D eigenvalue weighted by atomic mass is 35.5. The minimum Gasteiger partial charge on any atom is -0.372 e. The van der Waals surface area contributed by atoms with Crippen LogP contribution in [0.3, 0.4) is 0 Å². The molecule has 0 bridgehead atoms. The van der Waals surface area contributed by atoms with Crippen molar-refractivity contribution >= 4 is 69.8 Å². The number of thioether (sulfide) groups is 1. The highest BCUT2D eigenvalue weighted by molar-refractivity contribution is 7.99. The number of halogens is 5. The molecule has 1 fully saturated rings. The molecule has 1 aromatic rings. The monoisotopic (exact) mass is 336 g/mol. The summed E-state index contributed by atoms with van der Waals surface area (Å²) in [7, 11) is 0. The van der Waals surface area contributed by atoms with Gasteiger partial charge in [0.15, 0.2) is 0 Å². The first-order valence-electron chi connectivity index (χ1n) is 4.28. The van der Waals surface area contributed by atoms with Crippen LogP contribution in [0.5, 0.6) is 0 Å². The second kappa shape index (κ2) is 5.31.